The van der Waals surface area contributed by atoms with Crippen molar-refractivity contribution in [1.29, 1.82) is 0 Å². The van der Waals surface area contributed by atoms with Crippen LogP contribution in [0.15, 0.2) is 0 Å². The van der Waals surface area contributed by atoms with E-state index in [1.807, 2.05) is 0 Å². The molecule has 15 heavy (non-hydrogen) atoms. The quantitative estimate of drug-likeness (QED) is 0.550. The highest BCUT2D eigenvalue weighted by Crippen LogP contribution is 2.25. The zero-order valence-electron chi connectivity index (χ0n) is 10.5. The molecule has 2 nitrogen and oxygen atoms in total. The normalized spacial score (nSPS) is 12.0. The third kappa shape index (κ3) is 7.80. The van der Waals surface area contributed by atoms with Crippen LogP contribution >= 0.6 is 0 Å². The molecule has 0 radical (unpaired) electrons. The minimum atomic E-state index is -0.598. The van der Waals surface area contributed by atoms with Crippen LogP contribution in [-0.2, 0) is 0 Å². The Kier molecular flexibility index (Phi) is 9.12. The molecule has 0 atom stereocenters. The lowest BCUT2D eigenvalue weighted by Gasteiger charge is -2.27. The summed E-state index contributed by atoms with van der Waals surface area (Å²) in [5, 5.41) is 19.3. The van der Waals surface area contributed by atoms with Gasteiger partial charge in [0.15, 0.2) is 0 Å². The van der Waals surface area contributed by atoms with Gasteiger partial charge in [0.05, 0.1) is 5.60 Å². The van der Waals surface area contributed by atoms with Gasteiger partial charge in [0.2, 0.25) is 0 Å². The average molecular weight is 216 g/mol. The zero-order chi connectivity index (χ0) is 11.6. The SMILES string of the molecule is CCCCCC(O)(CCO)CCCCC. The fraction of sp³-hybridized carbons (Fsp3) is 1.00. The third-order valence-electron chi connectivity index (χ3n) is 3.07. The first-order chi connectivity index (χ1) is 7.18. The van der Waals surface area contributed by atoms with Crippen molar-refractivity contribution in [3.63, 3.8) is 0 Å². The monoisotopic (exact) mass is 216 g/mol. The summed E-state index contributed by atoms with van der Waals surface area (Å²) in [5.41, 5.74) is -0.598. The number of rotatable bonds is 10. The molecule has 0 unspecified atom stereocenters. The van der Waals surface area contributed by atoms with E-state index in [1.165, 1.54) is 25.7 Å². The van der Waals surface area contributed by atoms with Crippen molar-refractivity contribution in [3.8, 4) is 0 Å². The van der Waals surface area contributed by atoms with Crippen LogP contribution in [0.3, 0.4) is 0 Å². The molecule has 0 aromatic heterocycles. The predicted octanol–water partition coefficient (Wildman–Crippen LogP) is 3.26. The lowest BCUT2D eigenvalue weighted by atomic mass is 9.87. The molecule has 0 fully saturated rings. The maximum atomic E-state index is 10.3. The highest BCUT2D eigenvalue weighted by atomic mass is 16.3. The van der Waals surface area contributed by atoms with Crippen LogP contribution in [0.1, 0.15) is 71.6 Å². The smallest absolute Gasteiger partial charge is 0.0669 e. The Balaban J connectivity index is 3.83. The minimum Gasteiger partial charge on any atom is -0.396 e. The molecule has 0 rings (SSSR count). The van der Waals surface area contributed by atoms with Crippen LogP contribution in [-0.4, -0.2) is 22.4 Å². The second kappa shape index (κ2) is 9.17. The fourth-order valence-electron chi connectivity index (χ4n) is 1.99. The van der Waals surface area contributed by atoms with E-state index in [0.717, 1.165) is 25.7 Å². The standard InChI is InChI=1S/C13H28O2/c1-3-5-7-9-13(15,11-12-14)10-8-6-4-2/h14-15H,3-12H2,1-2H3. The molecule has 0 aromatic carbocycles. The van der Waals surface area contributed by atoms with Crippen molar-refractivity contribution in [3.05, 3.63) is 0 Å². The first kappa shape index (κ1) is 14.9. The molecule has 0 heterocycles. The van der Waals surface area contributed by atoms with E-state index >= 15 is 0 Å². The second-order valence-electron chi connectivity index (χ2n) is 4.61. The summed E-state index contributed by atoms with van der Waals surface area (Å²) in [6.07, 6.45) is 9.15. The van der Waals surface area contributed by atoms with E-state index in [0.29, 0.717) is 6.42 Å². The summed E-state index contributed by atoms with van der Waals surface area (Å²) in [6.45, 7) is 4.44. The Morgan fingerprint density at radius 2 is 1.27 bits per heavy atom. The average Bonchev–Trinajstić information content (AvgIpc) is 2.19. The van der Waals surface area contributed by atoms with Gasteiger partial charge >= 0.3 is 0 Å². The lowest BCUT2D eigenvalue weighted by molar-refractivity contribution is -0.00389. The van der Waals surface area contributed by atoms with Crippen LogP contribution in [0.2, 0.25) is 0 Å². The third-order valence-corrected chi connectivity index (χ3v) is 3.07. The molecule has 0 saturated heterocycles. The van der Waals surface area contributed by atoms with E-state index in [2.05, 4.69) is 13.8 Å². The van der Waals surface area contributed by atoms with Gasteiger partial charge in [-0.3, -0.25) is 0 Å². The van der Waals surface area contributed by atoms with Gasteiger partial charge in [0.1, 0.15) is 0 Å². The first-order valence-electron chi connectivity index (χ1n) is 6.51. The van der Waals surface area contributed by atoms with Gasteiger partial charge in [-0.25, -0.2) is 0 Å². The summed E-state index contributed by atoms with van der Waals surface area (Å²) in [7, 11) is 0. The summed E-state index contributed by atoms with van der Waals surface area (Å²) in [4.78, 5) is 0. The Labute approximate surface area is 94.7 Å². The van der Waals surface area contributed by atoms with Crippen LogP contribution < -0.4 is 0 Å². The van der Waals surface area contributed by atoms with E-state index in [-0.39, 0.29) is 6.61 Å². The van der Waals surface area contributed by atoms with Crippen LogP contribution in [0.4, 0.5) is 0 Å². The van der Waals surface area contributed by atoms with Gasteiger partial charge in [-0.2, -0.15) is 0 Å². The second-order valence-corrected chi connectivity index (χ2v) is 4.61. The summed E-state index contributed by atoms with van der Waals surface area (Å²) >= 11 is 0. The van der Waals surface area contributed by atoms with Gasteiger partial charge in [0, 0.05) is 6.61 Å². The van der Waals surface area contributed by atoms with Gasteiger partial charge < -0.3 is 10.2 Å². The van der Waals surface area contributed by atoms with Crippen molar-refractivity contribution in [2.24, 2.45) is 0 Å². The van der Waals surface area contributed by atoms with Crippen molar-refractivity contribution in [2.45, 2.75) is 77.2 Å². The van der Waals surface area contributed by atoms with Crippen LogP contribution in [0, 0.1) is 0 Å². The van der Waals surface area contributed by atoms with Crippen LogP contribution in [0.25, 0.3) is 0 Å². The fourth-order valence-corrected chi connectivity index (χ4v) is 1.99. The maximum Gasteiger partial charge on any atom is 0.0669 e. The highest BCUT2D eigenvalue weighted by molar-refractivity contribution is 4.78. The summed E-state index contributed by atoms with van der Waals surface area (Å²) in [6, 6.07) is 0. The first-order valence-corrected chi connectivity index (χ1v) is 6.51. The van der Waals surface area contributed by atoms with Crippen molar-refractivity contribution < 1.29 is 10.2 Å². The molecule has 2 N–H and O–H groups in total. The van der Waals surface area contributed by atoms with Gasteiger partial charge in [-0.1, -0.05) is 52.4 Å². The zero-order valence-corrected chi connectivity index (χ0v) is 10.5. The summed E-state index contributed by atoms with van der Waals surface area (Å²) < 4.78 is 0. The molecule has 0 aromatic rings. The van der Waals surface area contributed by atoms with Gasteiger partial charge in [0.25, 0.3) is 0 Å². The Hall–Kier alpha value is -0.0800. The molecule has 0 spiro atoms. The minimum absolute atomic E-state index is 0.106. The number of hydrogen-bond acceptors (Lipinski definition) is 2. The van der Waals surface area contributed by atoms with Crippen LogP contribution in [0.5, 0.6) is 0 Å². The van der Waals surface area contributed by atoms with Gasteiger partial charge in [-0.05, 0) is 19.3 Å². The Morgan fingerprint density at radius 1 is 0.800 bits per heavy atom. The van der Waals surface area contributed by atoms with E-state index in [4.69, 9.17) is 5.11 Å². The molecule has 2 heteroatoms. The molecule has 0 aliphatic rings. The summed E-state index contributed by atoms with van der Waals surface area (Å²) in [5.74, 6) is 0. The topological polar surface area (TPSA) is 40.5 Å². The number of unbranched alkanes of at least 4 members (excludes halogenated alkanes) is 4. The maximum absolute atomic E-state index is 10.3. The molecule has 0 saturated carbocycles. The largest absolute Gasteiger partial charge is 0.396 e. The molecular weight excluding hydrogens is 188 g/mol. The highest BCUT2D eigenvalue weighted by Gasteiger charge is 2.24. The van der Waals surface area contributed by atoms with Crippen molar-refractivity contribution in [1.82, 2.24) is 0 Å². The Morgan fingerprint density at radius 3 is 1.60 bits per heavy atom. The van der Waals surface area contributed by atoms with Gasteiger partial charge in [-0.15, -0.1) is 0 Å². The van der Waals surface area contributed by atoms with Crippen molar-refractivity contribution in [2.75, 3.05) is 6.61 Å². The molecule has 0 aliphatic carbocycles. The Bertz CT molecular complexity index is 124. The lowest BCUT2D eigenvalue weighted by Crippen LogP contribution is -2.29. The van der Waals surface area contributed by atoms with Crippen molar-refractivity contribution >= 4 is 0 Å². The number of hydrogen-bond donors (Lipinski definition) is 2. The molecule has 0 aliphatic heterocycles. The van der Waals surface area contributed by atoms with E-state index < -0.39 is 5.60 Å². The van der Waals surface area contributed by atoms with E-state index in [1.54, 1.807) is 0 Å². The van der Waals surface area contributed by atoms with E-state index in [9.17, 15) is 5.11 Å². The molecule has 0 amide bonds. The molecule has 0 bridgehead atoms. The number of aliphatic hydroxyl groups excluding tert-OH is 1. The predicted molar refractivity (Wildman–Crippen MR) is 64.9 cm³/mol. The molecular formula is C13H28O2. The number of aliphatic hydroxyl groups is 2. The molecule has 92 valence electrons.